The Balaban J connectivity index is 1.63. The van der Waals surface area contributed by atoms with Crippen LogP contribution in [-0.2, 0) is 17.6 Å². The third-order valence-corrected chi connectivity index (χ3v) is 3.67. The Hall–Kier alpha value is -3.09. The first-order valence-electron chi connectivity index (χ1n) is 7.77. The van der Waals surface area contributed by atoms with Gasteiger partial charge in [-0.05, 0) is 28.1 Å². The molecular weight excluding hydrogens is 304 g/mol. The van der Waals surface area contributed by atoms with Gasteiger partial charge in [0.2, 0.25) is 5.91 Å². The second kappa shape index (κ2) is 7.96. The fraction of sp³-hybridized carbons (Fsp3) is 0.235. The smallest absolute Gasteiger partial charge is 0.245 e. The molecule has 0 radical (unpaired) electrons. The molecule has 1 amide bonds. The molecule has 0 aliphatic carbocycles. The molecule has 122 valence electrons. The second-order valence-corrected chi connectivity index (χ2v) is 5.36. The molecule has 24 heavy (non-hydrogen) atoms. The Kier molecular flexibility index (Phi) is 5.24. The van der Waals surface area contributed by atoms with Crippen molar-refractivity contribution < 1.29 is 4.79 Å². The van der Waals surface area contributed by atoms with E-state index < -0.39 is 6.04 Å². The number of hydrogen-bond donors (Lipinski definition) is 1. The van der Waals surface area contributed by atoms with Crippen LogP contribution in [0.5, 0.6) is 0 Å². The summed E-state index contributed by atoms with van der Waals surface area (Å²) in [6.07, 6.45) is 4.42. The fourth-order valence-corrected chi connectivity index (χ4v) is 2.43. The maximum absolute atomic E-state index is 12.6. The third kappa shape index (κ3) is 4.22. The Bertz CT molecular complexity index is 745. The summed E-state index contributed by atoms with van der Waals surface area (Å²) in [5.41, 5.74) is 2.00. The lowest BCUT2D eigenvalue weighted by molar-refractivity contribution is -0.124. The molecule has 1 aromatic carbocycles. The predicted molar refractivity (Wildman–Crippen MR) is 88.0 cm³/mol. The van der Waals surface area contributed by atoms with Crippen LogP contribution in [0, 0.1) is 0 Å². The molecule has 7 heteroatoms. The van der Waals surface area contributed by atoms with Crippen molar-refractivity contribution in [2.75, 3.05) is 6.54 Å². The van der Waals surface area contributed by atoms with E-state index in [1.165, 1.54) is 11.0 Å². The Morgan fingerprint density at radius 3 is 2.67 bits per heavy atom. The van der Waals surface area contributed by atoms with Gasteiger partial charge in [-0.25, -0.2) is 4.68 Å². The van der Waals surface area contributed by atoms with E-state index in [9.17, 15) is 4.79 Å². The molecule has 2 aromatic heterocycles. The number of rotatable bonds is 7. The minimum Gasteiger partial charge on any atom is -0.354 e. The molecule has 2 heterocycles. The van der Waals surface area contributed by atoms with Crippen LogP contribution in [0.25, 0.3) is 0 Å². The maximum atomic E-state index is 12.6. The van der Waals surface area contributed by atoms with Crippen LogP contribution < -0.4 is 5.32 Å². The van der Waals surface area contributed by atoms with Crippen LogP contribution in [0.15, 0.2) is 61.1 Å². The van der Waals surface area contributed by atoms with E-state index in [0.717, 1.165) is 11.3 Å². The van der Waals surface area contributed by atoms with Gasteiger partial charge in [0.15, 0.2) is 0 Å². The van der Waals surface area contributed by atoms with Gasteiger partial charge in [0, 0.05) is 31.3 Å². The summed E-state index contributed by atoms with van der Waals surface area (Å²) in [4.78, 5) is 16.8. The molecule has 0 bridgehead atoms. The van der Waals surface area contributed by atoms with Gasteiger partial charge in [0.25, 0.3) is 0 Å². The van der Waals surface area contributed by atoms with Gasteiger partial charge in [-0.2, -0.15) is 0 Å². The van der Waals surface area contributed by atoms with E-state index >= 15 is 0 Å². The van der Waals surface area contributed by atoms with E-state index in [1.54, 1.807) is 6.20 Å². The summed E-state index contributed by atoms with van der Waals surface area (Å²) >= 11 is 0. The Labute approximate surface area is 139 Å². The fourth-order valence-electron chi connectivity index (χ4n) is 2.43. The van der Waals surface area contributed by atoms with E-state index in [4.69, 9.17) is 0 Å². The van der Waals surface area contributed by atoms with Crippen LogP contribution >= 0.6 is 0 Å². The number of pyridine rings is 1. The minimum absolute atomic E-state index is 0.109. The number of hydrogen-bond acceptors (Lipinski definition) is 5. The summed E-state index contributed by atoms with van der Waals surface area (Å²) in [5, 5.41) is 14.1. The zero-order valence-corrected chi connectivity index (χ0v) is 13.1. The molecule has 0 saturated carbocycles. The standard InChI is InChI=1S/C17H18N6O/c24-17(19-11-9-15-8-4-5-10-18-15)16(23-13-20-21-22-23)12-14-6-2-1-3-7-14/h1-8,10,13,16H,9,11-12H2,(H,19,24)/t16-/m0/s1. The zero-order chi connectivity index (χ0) is 16.6. The summed E-state index contributed by atoms with van der Waals surface area (Å²) in [6.45, 7) is 0.517. The lowest BCUT2D eigenvalue weighted by Crippen LogP contribution is -2.35. The molecule has 0 unspecified atom stereocenters. The molecule has 0 fully saturated rings. The van der Waals surface area contributed by atoms with Crippen molar-refractivity contribution in [2.45, 2.75) is 18.9 Å². The highest BCUT2D eigenvalue weighted by Gasteiger charge is 2.21. The van der Waals surface area contributed by atoms with Gasteiger partial charge in [0.05, 0.1) is 0 Å². The summed E-state index contributed by atoms with van der Waals surface area (Å²) in [6, 6.07) is 15.1. The summed E-state index contributed by atoms with van der Waals surface area (Å²) < 4.78 is 1.49. The number of amides is 1. The predicted octanol–water partition coefficient (Wildman–Crippen LogP) is 1.21. The second-order valence-electron chi connectivity index (χ2n) is 5.36. The van der Waals surface area contributed by atoms with E-state index in [-0.39, 0.29) is 5.91 Å². The highest BCUT2D eigenvalue weighted by Crippen LogP contribution is 2.13. The van der Waals surface area contributed by atoms with Crippen molar-refractivity contribution in [3.05, 3.63) is 72.3 Å². The lowest BCUT2D eigenvalue weighted by Gasteiger charge is -2.16. The number of nitrogens with zero attached hydrogens (tertiary/aromatic N) is 5. The lowest BCUT2D eigenvalue weighted by atomic mass is 10.1. The Morgan fingerprint density at radius 1 is 1.12 bits per heavy atom. The van der Waals surface area contributed by atoms with E-state index in [0.29, 0.717) is 19.4 Å². The Morgan fingerprint density at radius 2 is 1.96 bits per heavy atom. The minimum atomic E-state index is -0.480. The molecular formula is C17H18N6O. The number of nitrogens with one attached hydrogen (secondary N) is 1. The van der Waals surface area contributed by atoms with Crippen molar-refractivity contribution in [2.24, 2.45) is 0 Å². The third-order valence-electron chi connectivity index (χ3n) is 3.67. The van der Waals surface area contributed by atoms with Crippen LogP contribution in [0.4, 0.5) is 0 Å². The van der Waals surface area contributed by atoms with Crippen molar-refractivity contribution in [1.82, 2.24) is 30.5 Å². The van der Waals surface area contributed by atoms with Crippen LogP contribution in [0.1, 0.15) is 17.3 Å². The highest BCUT2D eigenvalue weighted by molar-refractivity contribution is 5.80. The van der Waals surface area contributed by atoms with Crippen LogP contribution in [0.2, 0.25) is 0 Å². The van der Waals surface area contributed by atoms with Gasteiger partial charge < -0.3 is 5.32 Å². The number of carbonyl (C=O) groups excluding carboxylic acids is 1. The molecule has 3 rings (SSSR count). The topological polar surface area (TPSA) is 85.6 Å². The van der Waals surface area contributed by atoms with Crippen molar-refractivity contribution in [1.29, 1.82) is 0 Å². The first kappa shape index (κ1) is 15.8. The monoisotopic (exact) mass is 322 g/mol. The number of aromatic nitrogens is 5. The quantitative estimate of drug-likeness (QED) is 0.707. The van der Waals surface area contributed by atoms with Crippen molar-refractivity contribution >= 4 is 5.91 Å². The molecule has 0 spiro atoms. The average molecular weight is 322 g/mol. The van der Waals surface area contributed by atoms with Gasteiger partial charge in [-0.15, -0.1) is 5.10 Å². The zero-order valence-electron chi connectivity index (χ0n) is 13.1. The molecule has 1 N–H and O–H groups in total. The largest absolute Gasteiger partial charge is 0.354 e. The molecule has 0 saturated heterocycles. The summed E-state index contributed by atoms with van der Waals surface area (Å²) in [7, 11) is 0. The van der Waals surface area contributed by atoms with E-state index in [1.807, 2.05) is 48.5 Å². The van der Waals surface area contributed by atoms with Crippen LogP contribution in [-0.4, -0.2) is 37.6 Å². The van der Waals surface area contributed by atoms with E-state index in [2.05, 4.69) is 25.8 Å². The normalized spacial score (nSPS) is 11.8. The molecule has 0 aliphatic rings. The first-order chi connectivity index (χ1) is 11.8. The average Bonchev–Trinajstić information content (AvgIpc) is 3.16. The van der Waals surface area contributed by atoms with Crippen molar-refractivity contribution in [3.8, 4) is 0 Å². The highest BCUT2D eigenvalue weighted by atomic mass is 16.2. The maximum Gasteiger partial charge on any atom is 0.245 e. The van der Waals surface area contributed by atoms with Crippen molar-refractivity contribution in [3.63, 3.8) is 0 Å². The number of tetrazole rings is 1. The molecule has 7 nitrogen and oxygen atoms in total. The number of benzene rings is 1. The van der Waals surface area contributed by atoms with Gasteiger partial charge in [-0.3, -0.25) is 9.78 Å². The SMILES string of the molecule is O=C(NCCc1ccccn1)[C@H](Cc1ccccc1)n1cnnn1. The molecule has 3 aromatic rings. The van der Waals surface area contributed by atoms with Gasteiger partial charge >= 0.3 is 0 Å². The van der Waals surface area contributed by atoms with Gasteiger partial charge in [0.1, 0.15) is 12.4 Å². The first-order valence-corrected chi connectivity index (χ1v) is 7.77. The summed E-state index contributed by atoms with van der Waals surface area (Å²) in [5.74, 6) is -0.109. The molecule has 0 aliphatic heterocycles. The van der Waals surface area contributed by atoms with Crippen LogP contribution in [0.3, 0.4) is 0 Å². The number of carbonyl (C=O) groups is 1. The van der Waals surface area contributed by atoms with Gasteiger partial charge in [-0.1, -0.05) is 36.4 Å². The molecule has 1 atom stereocenters.